The van der Waals surface area contributed by atoms with Crippen LogP contribution in [0.2, 0.25) is 0 Å². The normalized spacial score (nSPS) is 12.9. The molecule has 3 aromatic rings. The first-order valence-electron chi connectivity index (χ1n) is 6.99. The molecule has 0 saturated carbocycles. The fourth-order valence-electron chi connectivity index (χ4n) is 2.41. The maximum absolute atomic E-state index is 6.06. The molecule has 21 heavy (non-hydrogen) atoms. The SMILES string of the molecule is CCNC(Cc1nc(C)cs1)c1cc2cccc(Br)c2o1. The molecular formula is C16H17BrN2OS. The van der Waals surface area contributed by atoms with Crippen molar-refractivity contribution in [2.24, 2.45) is 0 Å². The molecule has 1 unspecified atom stereocenters. The van der Waals surface area contributed by atoms with Crippen LogP contribution in [0.15, 0.2) is 38.5 Å². The number of benzene rings is 1. The van der Waals surface area contributed by atoms with E-state index in [1.165, 1.54) is 0 Å². The molecule has 2 aromatic heterocycles. The van der Waals surface area contributed by atoms with Gasteiger partial charge in [-0.1, -0.05) is 19.1 Å². The van der Waals surface area contributed by atoms with Crippen LogP contribution in [0.25, 0.3) is 11.0 Å². The van der Waals surface area contributed by atoms with E-state index in [2.05, 4.69) is 50.7 Å². The van der Waals surface area contributed by atoms with Gasteiger partial charge in [0, 0.05) is 22.9 Å². The summed E-state index contributed by atoms with van der Waals surface area (Å²) in [5.41, 5.74) is 1.99. The number of nitrogens with one attached hydrogen (secondary N) is 1. The summed E-state index contributed by atoms with van der Waals surface area (Å²) in [5, 5.41) is 7.85. The van der Waals surface area contributed by atoms with Gasteiger partial charge in [0.05, 0.1) is 15.5 Å². The average molecular weight is 365 g/mol. The van der Waals surface area contributed by atoms with Crippen LogP contribution in [-0.4, -0.2) is 11.5 Å². The van der Waals surface area contributed by atoms with Gasteiger partial charge in [-0.2, -0.15) is 0 Å². The quantitative estimate of drug-likeness (QED) is 0.702. The third-order valence-corrected chi connectivity index (χ3v) is 4.97. The van der Waals surface area contributed by atoms with E-state index in [0.29, 0.717) is 0 Å². The lowest BCUT2D eigenvalue weighted by atomic mass is 10.1. The Kier molecular flexibility index (Phi) is 4.42. The van der Waals surface area contributed by atoms with Gasteiger partial charge in [-0.25, -0.2) is 4.98 Å². The summed E-state index contributed by atoms with van der Waals surface area (Å²) < 4.78 is 7.05. The molecule has 0 aliphatic carbocycles. The maximum atomic E-state index is 6.06. The molecule has 0 spiro atoms. The smallest absolute Gasteiger partial charge is 0.148 e. The fourth-order valence-corrected chi connectivity index (χ4v) is 3.69. The highest BCUT2D eigenvalue weighted by Gasteiger charge is 2.18. The molecule has 1 aromatic carbocycles. The predicted molar refractivity (Wildman–Crippen MR) is 90.9 cm³/mol. The van der Waals surface area contributed by atoms with Crippen LogP contribution in [-0.2, 0) is 6.42 Å². The average Bonchev–Trinajstić information content (AvgIpc) is 3.05. The highest BCUT2D eigenvalue weighted by Crippen LogP contribution is 2.31. The molecule has 0 amide bonds. The van der Waals surface area contributed by atoms with E-state index in [0.717, 1.165) is 44.9 Å². The van der Waals surface area contributed by atoms with E-state index in [1.807, 2.05) is 19.1 Å². The van der Waals surface area contributed by atoms with Crippen molar-refractivity contribution in [3.8, 4) is 0 Å². The monoisotopic (exact) mass is 364 g/mol. The fraction of sp³-hybridized carbons (Fsp3) is 0.312. The second kappa shape index (κ2) is 6.30. The van der Waals surface area contributed by atoms with Crippen LogP contribution in [0.4, 0.5) is 0 Å². The van der Waals surface area contributed by atoms with Crippen molar-refractivity contribution >= 4 is 38.2 Å². The molecule has 0 radical (unpaired) electrons. The van der Waals surface area contributed by atoms with Crippen LogP contribution in [0.1, 0.15) is 29.4 Å². The first-order chi connectivity index (χ1) is 10.2. The summed E-state index contributed by atoms with van der Waals surface area (Å²) in [6.07, 6.45) is 0.851. The Morgan fingerprint density at radius 2 is 2.29 bits per heavy atom. The lowest BCUT2D eigenvalue weighted by Gasteiger charge is -2.13. The Bertz CT molecular complexity index is 750. The zero-order valence-electron chi connectivity index (χ0n) is 12.0. The van der Waals surface area contributed by atoms with Crippen molar-refractivity contribution in [3.05, 3.63) is 50.6 Å². The van der Waals surface area contributed by atoms with E-state index in [9.17, 15) is 0 Å². The summed E-state index contributed by atoms with van der Waals surface area (Å²) in [6, 6.07) is 8.37. The van der Waals surface area contributed by atoms with Crippen LogP contribution in [0.3, 0.4) is 0 Å². The van der Waals surface area contributed by atoms with Crippen LogP contribution < -0.4 is 5.32 Å². The first-order valence-corrected chi connectivity index (χ1v) is 8.67. The number of halogens is 1. The minimum absolute atomic E-state index is 0.153. The van der Waals surface area contributed by atoms with Gasteiger partial charge in [-0.15, -0.1) is 11.3 Å². The van der Waals surface area contributed by atoms with Crippen molar-refractivity contribution in [1.82, 2.24) is 10.3 Å². The maximum Gasteiger partial charge on any atom is 0.148 e. The van der Waals surface area contributed by atoms with Gasteiger partial charge < -0.3 is 9.73 Å². The van der Waals surface area contributed by atoms with E-state index in [4.69, 9.17) is 4.42 Å². The Balaban J connectivity index is 1.93. The predicted octanol–water partition coefficient (Wildman–Crippen LogP) is 4.85. The minimum atomic E-state index is 0.153. The standard InChI is InChI=1S/C16H17BrN2OS/c1-3-18-13(8-15-19-10(2)9-21-15)14-7-11-5-4-6-12(17)16(11)20-14/h4-7,9,13,18H,3,8H2,1-2H3. The lowest BCUT2D eigenvalue weighted by Crippen LogP contribution is -2.22. The molecular weight excluding hydrogens is 348 g/mol. The van der Waals surface area contributed by atoms with Gasteiger partial charge in [-0.05, 0) is 41.5 Å². The Labute approximate surface area is 136 Å². The Morgan fingerprint density at radius 1 is 1.43 bits per heavy atom. The summed E-state index contributed by atoms with van der Waals surface area (Å²) in [7, 11) is 0. The molecule has 5 heteroatoms. The number of fused-ring (bicyclic) bond motifs is 1. The Morgan fingerprint density at radius 3 is 2.95 bits per heavy atom. The second-order valence-corrected chi connectivity index (χ2v) is 6.80. The highest BCUT2D eigenvalue weighted by atomic mass is 79.9. The van der Waals surface area contributed by atoms with Gasteiger partial charge in [0.2, 0.25) is 0 Å². The van der Waals surface area contributed by atoms with Crippen LogP contribution >= 0.6 is 27.3 Å². The lowest BCUT2D eigenvalue weighted by molar-refractivity contribution is 0.434. The third-order valence-electron chi connectivity index (χ3n) is 3.35. The molecule has 0 aliphatic rings. The number of furan rings is 1. The molecule has 3 rings (SSSR count). The summed E-state index contributed by atoms with van der Waals surface area (Å²) in [5.74, 6) is 0.964. The topological polar surface area (TPSA) is 38.1 Å². The van der Waals surface area contributed by atoms with E-state index < -0.39 is 0 Å². The molecule has 0 aliphatic heterocycles. The van der Waals surface area contributed by atoms with Crippen molar-refractivity contribution in [2.75, 3.05) is 6.54 Å². The summed E-state index contributed by atoms with van der Waals surface area (Å²) in [4.78, 5) is 4.56. The molecule has 3 nitrogen and oxygen atoms in total. The number of nitrogens with zero attached hydrogens (tertiary/aromatic N) is 1. The zero-order valence-corrected chi connectivity index (χ0v) is 14.4. The number of hydrogen-bond donors (Lipinski definition) is 1. The largest absolute Gasteiger partial charge is 0.458 e. The van der Waals surface area contributed by atoms with Crippen molar-refractivity contribution in [1.29, 1.82) is 0 Å². The van der Waals surface area contributed by atoms with E-state index >= 15 is 0 Å². The molecule has 0 saturated heterocycles. The van der Waals surface area contributed by atoms with Crippen LogP contribution in [0.5, 0.6) is 0 Å². The number of rotatable bonds is 5. The highest BCUT2D eigenvalue weighted by molar-refractivity contribution is 9.10. The number of likely N-dealkylation sites (N-methyl/N-ethyl adjacent to an activating group) is 1. The Hall–Kier alpha value is -1.17. The minimum Gasteiger partial charge on any atom is -0.458 e. The van der Waals surface area contributed by atoms with Gasteiger partial charge in [0.15, 0.2) is 0 Å². The van der Waals surface area contributed by atoms with Crippen LogP contribution in [0, 0.1) is 6.92 Å². The van der Waals surface area contributed by atoms with Gasteiger partial charge in [0.1, 0.15) is 11.3 Å². The third kappa shape index (κ3) is 3.20. The van der Waals surface area contributed by atoms with Crippen molar-refractivity contribution < 1.29 is 4.42 Å². The first kappa shape index (κ1) is 14.8. The van der Waals surface area contributed by atoms with Crippen molar-refractivity contribution in [3.63, 3.8) is 0 Å². The number of thiazole rings is 1. The van der Waals surface area contributed by atoms with Crippen molar-refractivity contribution in [2.45, 2.75) is 26.3 Å². The van der Waals surface area contributed by atoms with E-state index in [-0.39, 0.29) is 6.04 Å². The number of aromatic nitrogens is 1. The molecule has 0 fully saturated rings. The van der Waals surface area contributed by atoms with Gasteiger partial charge in [0.25, 0.3) is 0 Å². The van der Waals surface area contributed by atoms with Gasteiger partial charge >= 0.3 is 0 Å². The number of hydrogen-bond acceptors (Lipinski definition) is 4. The molecule has 0 bridgehead atoms. The second-order valence-electron chi connectivity index (χ2n) is 5.00. The molecule has 110 valence electrons. The number of para-hydroxylation sites is 1. The molecule has 2 heterocycles. The molecule has 1 atom stereocenters. The summed E-state index contributed by atoms with van der Waals surface area (Å²) in [6.45, 7) is 5.03. The van der Waals surface area contributed by atoms with Gasteiger partial charge in [-0.3, -0.25) is 0 Å². The zero-order chi connectivity index (χ0) is 14.8. The summed E-state index contributed by atoms with van der Waals surface area (Å²) >= 11 is 5.25. The number of aryl methyl sites for hydroxylation is 1. The molecule has 1 N–H and O–H groups in total. The van der Waals surface area contributed by atoms with E-state index in [1.54, 1.807) is 11.3 Å².